The molecule has 0 heteroatoms. The van der Waals surface area contributed by atoms with E-state index in [2.05, 4.69) is 26.0 Å². The predicted molar refractivity (Wildman–Crippen MR) is 39.6 cm³/mol. The number of rotatable bonds is 1. The molecule has 0 fully saturated rings. The Balaban J connectivity index is 2.53. The van der Waals surface area contributed by atoms with E-state index >= 15 is 0 Å². The highest BCUT2D eigenvalue weighted by molar-refractivity contribution is 5.86. The average Bonchev–Trinajstić information content (AvgIpc) is 2.55. The van der Waals surface area contributed by atoms with Crippen LogP contribution in [0.2, 0.25) is 0 Å². The van der Waals surface area contributed by atoms with Crippen LogP contribution in [-0.4, -0.2) is 0 Å². The van der Waals surface area contributed by atoms with E-state index < -0.39 is 0 Å². The van der Waals surface area contributed by atoms with E-state index in [0.29, 0.717) is 0 Å². The largest absolute Gasteiger partial charge is 0.0613 e. The first-order valence-corrected chi connectivity index (χ1v) is 3.47. The molecule has 0 saturated carbocycles. The number of hydrogen-bond donors (Lipinski definition) is 0. The lowest BCUT2D eigenvalue weighted by Crippen LogP contribution is -1.76. The van der Waals surface area contributed by atoms with Gasteiger partial charge in [0.25, 0.3) is 0 Å². The topological polar surface area (TPSA) is 0 Å². The number of hydrogen-bond acceptors (Lipinski definition) is 0. The van der Waals surface area contributed by atoms with Crippen molar-refractivity contribution >= 4 is 0 Å². The van der Waals surface area contributed by atoms with Gasteiger partial charge in [0.2, 0.25) is 0 Å². The van der Waals surface area contributed by atoms with Crippen LogP contribution in [0.25, 0.3) is 11.1 Å². The van der Waals surface area contributed by atoms with Crippen molar-refractivity contribution in [1.29, 1.82) is 0 Å². The standard InChI is InChI=1S/C9H10/c1-3-7-4-8-5-9(8)6(7)2/h4-5H,3H2,1-2H3. The maximum absolute atomic E-state index is 2.30. The molecule has 0 radical (unpaired) electrons. The summed E-state index contributed by atoms with van der Waals surface area (Å²) in [5, 5.41) is 0. The van der Waals surface area contributed by atoms with Gasteiger partial charge in [-0.3, -0.25) is 0 Å². The van der Waals surface area contributed by atoms with Gasteiger partial charge in [0.15, 0.2) is 0 Å². The van der Waals surface area contributed by atoms with Gasteiger partial charge in [-0.2, -0.15) is 0 Å². The van der Waals surface area contributed by atoms with Crippen molar-refractivity contribution in [3.8, 4) is 11.1 Å². The molecular weight excluding hydrogens is 108 g/mol. The Labute approximate surface area is 55.5 Å². The average molecular weight is 118 g/mol. The molecule has 0 amide bonds. The highest BCUT2D eigenvalue weighted by Crippen LogP contribution is 2.40. The minimum atomic E-state index is 1.19. The van der Waals surface area contributed by atoms with Crippen LogP contribution in [0.1, 0.15) is 18.1 Å². The minimum absolute atomic E-state index is 1.19. The second-order valence-electron chi connectivity index (χ2n) is 2.66. The van der Waals surface area contributed by atoms with Crippen LogP contribution in [0.5, 0.6) is 0 Å². The van der Waals surface area contributed by atoms with Crippen molar-refractivity contribution in [3.05, 3.63) is 23.3 Å². The number of aryl methyl sites for hydroxylation is 1. The molecule has 0 heterocycles. The van der Waals surface area contributed by atoms with Crippen molar-refractivity contribution in [2.24, 2.45) is 0 Å². The monoisotopic (exact) mass is 118 g/mol. The van der Waals surface area contributed by atoms with Gasteiger partial charge in [-0.05, 0) is 41.7 Å². The fraction of sp³-hybridized carbons (Fsp3) is 0.333. The van der Waals surface area contributed by atoms with Crippen LogP contribution in [0.3, 0.4) is 0 Å². The molecule has 0 bridgehead atoms. The normalized spacial score (nSPS) is 11.8. The highest BCUT2D eigenvalue weighted by Gasteiger charge is 2.17. The summed E-state index contributed by atoms with van der Waals surface area (Å²) in [6, 6.07) is 4.54. The molecule has 0 atom stereocenters. The third-order valence-corrected chi connectivity index (χ3v) is 2.12. The van der Waals surface area contributed by atoms with Crippen LogP contribution in [0, 0.1) is 6.92 Å². The number of benzene rings is 1. The first kappa shape index (κ1) is 5.04. The van der Waals surface area contributed by atoms with E-state index in [4.69, 9.17) is 0 Å². The Bertz CT molecular complexity index is 259. The second kappa shape index (κ2) is 1.38. The van der Waals surface area contributed by atoms with Crippen molar-refractivity contribution in [2.45, 2.75) is 20.3 Å². The van der Waals surface area contributed by atoms with Crippen molar-refractivity contribution in [1.82, 2.24) is 0 Å². The Morgan fingerprint density at radius 3 is 2.44 bits per heavy atom. The summed E-state index contributed by atoms with van der Waals surface area (Å²) >= 11 is 0. The van der Waals surface area contributed by atoms with Gasteiger partial charge in [0, 0.05) is 0 Å². The smallest absolute Gasteiger partial charge is 0.0145 e. The summed E-state index contributed by atoms with van der Waals surface area (Å²) in [7, 11) is 0. The lowest BCUT2D eigenvalue weighted by molar-refractivity contribution is 1.13. The zero-order valence-corrected chi connectivity index (χ0v) is 5.86. The van der Waals surface area contributed by atoms with Crippen LogP contribution in [-0.2, 0) is 6.42 Å². The van der Waals surface area contributed by atoms with E-state index in [-0.39, 0.29) is 0 Å². The molecule has 0 aromatic rings. The molecule has 9 heavy (non-hydrogen) atoms. The molecule has 2 aliphatic carbocycles. The number of fused-ring (bicyclic) bond motifs is 1. The Kier molecular flexibility index (Phi) is 0.774. The lowest BCUT2D eigenvalue weighted by atomic mass is 10.1. The SMILES string of the molecule is CCc1cc2cc-2c1C. The fourth-order valence-electron chi connectivity index (χ4n) is 1.40. The van der Waals surface area contributed by atoms with Crippen molar-refractivity contribution < 1.29 is 0 Å². The van der Waals surface area contributed by atoms with E-state index in [1.807, 2.05) is 0 Å². The van der Waals surface area contributed by atoms with Crippen LogP contribution in [0.4, 0.5) is 0 Å². The van der Waals surface area contributed by atoms with Gasteiger partial charge >= 0.3 is 0 Å². The Morgan fingerprint density at radius 1 is 1.33 bits per heavy atom. The maximum Gasteiger partial charge on any atom is -0.0145 e. The highest BCUT2D eigenvalue weighted by atomic mass is 14.2. The van der Waals surface area contributed by atoms with Crippen LogP contribution in [0.15, 0.2) is 12.1 Å². The third kappa shape index (κ3) is 0.533. The molecular formula is C9H10. The molecule has 0 aliphatic heterocycles. The summed E-state index contributed by atoms with van der Waals surface area (Å²) in [4.78, 5) is 0. The van der Waals surface area contributed by atoms with Gasteiger partial charge in [-0.1, -0.05) is 13.0 Å². The molecule has 0 saturated heterocycles. The first-order chi connectivity index (χ1) is 4.33. The second-order valence-corrected chi connectivity index (χ2v) is 2.66. The zero-order valence-electron chi connectivity index (χ0n) is 5.86. The third-order valence-electron chi connectivity index (χ3n) is 2.12. The lowest BCUT2D eigenvalue weighted by Gasteiger charge is -1.90. The van der Waals surface area contributed by atoms with Crippen LogP contribution >= 0.6 is 0 Å². The molecule has 0 aromatic carbocycles. The van der Waals surface area contributed by atoms with Gasteiger partial charge in [0.1, 0.15) is 0 Å². The summed E-state index contributed by atoms with van der Waals surface area (Å²) in [5.41, 5.74) is 6.02. The molecule has 0 nitrogen and oxygen atoms in total. The maximum atomic E-state index is 2.30. The molecule has 46 valence electrons. The van der Waals surface area contributed by atoms with Gasteiger partial charge in [-0.25, -0.2) is 0 Å². The van der Waals surface area contributed by atoms with Crippen molar-refractivity contribution in [3.63, 3.8) is 0 Å². The molecule has 0 aromatic heterocycles. The van der Waals surface area contributed by atoms with Crippen molar-refractivity contribution in [2.75, 3.05) is 0 Å². The van der Waals surface area contributed by atoms with Gasteiger partial charge in [0.05, 0.1) is 0 Å². The zero-order chi connectivity index (χ0) is 6.43. The van der Waals surface area contributed by atoms with Crippen LogP contribution < -0.4 is 0 Å². The Morgan fingerprint density at radius 2 is 2.11 bits per heavy atom. The summed E-state index contributed by atoms with van der Waals surface area (Å²) < 4.78 is 0. The van der Waals surface area contributed by atoms with Gasteiger partial charge < -0.3 is 0 Å². The van der Waals surface area contributed by atoms with E-state index in [9.17, 15) is 0 Å². The molecule has 2 aliphatic rings. The minimum Gasteiger partial charge on any atom is -0.0613 e. The molecule has 0 unspecified atom stereocenters. The molecule has 0 N–H and O–H groups in total. The fourth-order valence-corrected chi connectivity index (χ4v) is 1.40. The Hall–Kier alpha value is -0.780. The first-order valence-electron chi connectivity index (χ1n) is 3.47. The quantitative estimate of drug-likeness (QED) is 0.539. The summed E-state index contributed by atoms with van der Waals surface area (Å²) in [5.74, 6) is 0. The van der Waals surface area contributed by atoms with E-state index in [1.165, 1.54) is 28.7 Å². The summed E-state index contributed by atoms with van der Waals surface area (Å²) in [6.07, 6.45) is 1.19. The predicted octanol–water partition coefficient (Wildman–Crippen LogP) is 2.54. The molecule has 2 rings (SSSR count). The molecule has 0 spiro atoms. The van der Waals surface area contributed by atoms with Gasteiger partial charge in [-0.15, -0.1) is 0 Å². The van der Waals surface area contributed by atoms with E-state index in [1.54, 1.807) is 0 Å². The van der Waals surface area contributed by atoms with E-state index in [0.717, 1.165) is 0 Å². The summed E-state index contributed by atoms with van der Waals surface area (Å²) in [6.45, 7) is 4.42.